The van der Waals surface area contributed by atoms with E-state index in [1.54, 1.807) is 36.4 Å². The van der Waals surface area contributed by atoms with Crippen LogP contribution >= 0.6 is 11.6 Å². The van der Waals surface area contributed by atoms with Gasteiger partial charge in [0.15, 0.2) is 0 Å². The Hall–Kier alpha value is -4.02. The average molecular weight is 519 g/mol. The van der Waals surface area contributed by atoms with Crippen molar-refractivity contribution in [1.29, 1.82) is 5.26 Å². The van der Waals surface area contributed by atoms with Gasteiger partial charge in [0, 0.05) is 35.2 Å². The number of hydrogen-bond donors (Lipinski definition) is 1. The molecule has 0 radical (unpaired) electrons. The van der Waals surface area contributed by atoms with Crippen LogP contribution in [0.15, 0.2) is 60.7 Å². The number of benzene rings is 3. The highest BCUT2D eigenvalue weighted by Gasteiger charge is 2.39. The summed E-state index contributed by atoms with van der Waals surface area (Å²) in [5.74, 6) is 0.102. The van der Waals surface area contributed by atoms with Crippen LogP contribution in [0, 0.1) is 11.3 Å². The van der Waals surface area contributed by atoms with E-state index in [0.29, 0.717) is 52.8 Å². The van der Waals surface area contributed by atoms with Gasteiger partial charge in [0.05, 0.1) is 18.6 Å². The van der Waals surface area contributed by atoms with Crippen molar-refractivity contribution in [2.45, 2.75) is 38.2 Å². The van der Waals surface area contributed by atoms with E-state index in [9.17, 15) is 14.9 Å². The second-order valence-electron chi connectivity index (χ2n) is 9.40. The standard InChI is InChI=1S/C29H27ClN2O5/c1-29(2)16-24(28(34)35-3)23-14-20(17-31)25(15-26(23)37-29)36-22-10-6-19(7-11-22)27(33)32-13-12-18-4-8-21(30)9-5-18/h4-11,14-15,24H,12-13,16H2,1-3H3,(H,32,33). The van der Waals surface area contributed by atoms with Crippen LogP contribution < -0.4 is 14.8 Å². The van der Waals surface area contributed by atoms with Gasteiger partial charge in [-0.1, -0.05) is 23.7 Å². The number of nitrogens with one attached hydrogen (secondary N) is 1. The highest BCUT2D eigenvalue weighted by atomic mass is 35.5. The van der Waals surface area contributed by atoms with Crippen LogP contribution in [0.4, 0.5) is 0 Å². The molecule has 3 aromatic rings. The molecule has 1 heterocycles. The number of nitrogens with zero attached hydrogens (tertiary/aromatic N) is 1. The molecule has 37 heavy (non-hydrogen) atoms. The number of ether oxygens (including phenoxy) is 3. The molecule has 8 heteroatoms. The Kier molecular flexibility index (Phi) is 7.70. The number of methoxy groups -OCH3 is 1. The van der Waals surface area contributed by atoms with Crippen LogP contribution in [0.2, 0.25) is 5.02 Å². The molecule has 0 aromatic heterocycles. The van der Waals surface area contributed by atoms with Gasteiger partial charge in [-0.3, -0.25) is 9.59 Å². The summed E-state index contributed by atoms with van der Waals surface area (Å²) in [5, 5.41) is 13.3. The van der Waals surface area contributed by atoms with Gasteiger partial charge >= 0.3 is 5.97 Å². The highest BCUT2D eigenvalue weighted by Crippen LogP contribution is 2.44. The molecule has 1 amide bonds. The zero-order valence-electron chi connectivity index (χ0n) is 20.8. The number of hydrogen-bond acceptors (Lipinski definition) is 6. The first-order valence-corrected chi connectivity index (χ1v) is 12.2. The first kappa shape index (κ1) is 26.1. The zero-order valence-corrected chi connectivity index (χ0v) is 21.6. The van der Waals surface area contributed by atoms with E-state index < -0.39 is 11.5 Å². The minimum Gasteiger partial charge on any atom is -0.487 e. The molecule has 0 saturated heterocycles. The molecule has 4 rings (SSSR count). The summed E-state index contributed by atoms with van der Waals surface area (Å²) in [7, 11) is 1.34. The number of halogens is 1. The van der Waals surface area contributed by atoms with E-state index in [2.05, 4.69) is 11.4 Å². The van der Waals surface area contributed by atoms with Crippen molar-refractivity contribution in [3.63, 3.8) is 0 Å². The SMILES string of the molecule is COC(=O)C1CC(C)(C)Oc2cc(Oc3ccc(C(=O)NCCc4ccc(Cl)cc4)cc3)c(C#N)cc21. The first-order chi connectivity index (χ1) is 17.7. The molecule has 0 saturated carbocycles. The lowest BCUT2D eigenvalue weighted by Crippen LogP contribution is -2.37. The third kappa shape index (κ3) is 6.22. The minimum absolute atomic E-state index is 0.198. The van der Waals surface area contributed by atoms with Crippen LogP contribution in [0.25, 0.3) is 0 Å². The second kappa shape index (κ2) is 10.9. The molecule has 1 N–H and O–H groups in total. The lowest BCUT2D eigenvalue weighted by atomic mass is 9.83. The maximum Gasteiger partial charge on any atom is 0.313 e. The van der Waals surface area contributed by atoms with E-state index in [1.807, 2.05) is 38.1 Å². The largest absolute Gasteiger partial charge is 0.487 e. The van der Waals surface area contributed by atoms with Gasteiger partial charge in [-0.2, -0.15) is 5.26 Å². The molecule has 1 aliphatic rings. The Bertz CT molecular complexity index is 1340. The topological polar surface area (TPSA) is 97.7 Å². The van der Waals surface area contributed by atoms with Gasteiger partial charge in [0.25, 0.3) is 5.91 Å². The third-order valence-corrected chi connectivity index (χ3v) is 6.38. The third-order valence-electron chi connectivity index (χ3n) is 6.13. The molecule has 1 aliphatic heterocycles. The van der Waals surface area contributed by atoms with Crippen molar-refractivity contribution in [2.24, 2.45) is 0 Å². The van der Waals surface area contributed by atoms with Crippen LogP contribution in [-0.2, 0) is 16.0 Å². The number of carbonyl (C=O) groups is 2. The van der Waals surface area contributed by atoms with Crippen LogP contribution in [0.5, 0.6) is 17.2 Å². The number of nitriles is 1. The van der Waals surface area contributed by atoms with E-state index in [4.69, 9.17) is 25.8 Å². The molecule has 0 aliphatic carbocycles. The van der Waals surface area contributed by atoms with Crippen molar-refractivity contribution in [1.82, 2.24) is 5.32 Å². The van der Waals surface area contributed by atoms with E-state index in [-0.39, 0.29) is 17.4 Å². The quantitative estimate of drug-likeness (QED) is 0.397. The first-order valence-electron chi connectivity index (χ1n) is 11.8. The summed E-state index contributed by atoms with van der Waals surface area (Å²) in [6, 6.07) is 19.5. The number of carbonyl (C=O) groups excluding carboxylic acids is 2. The molecule has 190 valence electrons. The molecule has 3 aromatic carbocycles. The van der Waals surface area contributed by atoms with E-state index in [1.165, 1.54) is 7.11 Å². The lowest BCUT2D eigenvalue weighted by Gasteiger charge is -2.36. The van der Waals surface area contributed by atoms with Crippen molar-refractivity contribution in [2.75, 3.05) is 13.7 Å². The van der Waals surface area contributed by atoms with Crippen LogP contribution in [-0.4, -0.2) is 31.1 Å². The van der Waals surface area contributed by atoms with Crippen LogP contribution in [0.1, 0.15) is 53.2 Å². The number of amides is 1. The van der Waals surface area contributed by atoms with Gasteiger partial charge in [-0.05, 0) is 68.3 Å². The Morgan fingerprint density at radius 2 is 1.84 bits per heavy atom. The number of rotatable bonds is 7. The minimum atomic E-state index is -0.597. The fourth-order valence-corrected chi connectivity index (χ4v) is 4.40. The molecule has 1 atom stereocenters. The molecule has 0 bridgehead atoms. The number of fused-ring (bicyclic) bond motifs is 1. The van der Waals surface area contributed by atoms with Gasteiger partial charge in [0.1, 0.15) is 28.9 Å². The Balaban J connectivity index is 1.46. The molecule has 0 spiro atoms. The predicted octanol–water partition coefficient (Wildman–Crippen LogP) is 5.79. The van der Waals surface area contributed by atoms with Crippen molar-refractivity contribution in [3.05, 3.63) is 87.9 Å². The second-order valence-corrected chi connectivity index (χ2v) is 9.83. The summed E-state index contributed by atoms with van der Waals surface area (Å²) in [6.45, 7) is 4.27. The van der Waals surface area contributed by atoms with Gasteiger partial charge < -0.3 is 19.5 Å². The summed E-state index contributed by atoms with van der Waals surface area (Å²) < 4.78 is 17.0. The van der Waals surface area contributed by atoms with Crippen molar-refractivity contribution in [3.8, 4) is 23.3 Å². The maximum atomic E-state index is 12.5. The van der Waals surface area contributed by atoms with Crippen molar-refractivity contribution < 1.29 is 23.8 Å². The summed E-state index contributed by atoms with van der Waals surface area (Å²) >= 11 is 5.90. The molecule has 7 nitrogen and oxygen atoms in total. The zero-order chi connectivity index (χ0) is 26.6. The fraction of sp³-hybridized carbons (Fsp3) is 0.276. The normalized spacial score (nSPS) is 15.5. The van der Waals surface area contributed by atoms with Crippen LogP contribution in [0.3, 0.4) is 0 Å². The van der Waals surface area contributed by atoms with E-state index >= 15 is 0 Å². The summed E-state index contributed by atoms with van der Waals surface area (Å²) in [6.07, 6.45) is 1.12. The molecular weight excluding hydrogens is 492 g/mol. The fourth-order valence-electron chi connectivity index (χ4n) is 4.28. The van der Waals surface area contributed by atoms with Crippen molar-refractivity contribution >= 4 is 23.5 Å². The lowest BCUT2D eigenvalue weighted by molar-refractivity contribution is -0.144. The summed E-state index contributed by atoms with van der Waals surface area (Å²) in [5.41, 5.74) is 1.83. The Labute approximate surface area is 220 Å². The summed E-state index contributed by atoms with van der Waals surface area (Å²) in [4.78, 5) is 24.9. The molecule has 0 fully saturated rings. The van der Waals surface area contributed by atoms with Gasteiger partial charge in [0.2, 0.25) is 0 Å². The van der Waals surface area contributed by atoms with Gasteiger partial charge in [-0.25, -0.2) is 0 Å². The monoisotopic (exact) mass is 518 g/mol. The predicted molar refractivity (Wildman–Crippen MR) is 139 cm³/mol. The number of esters is 1. The average Bonchev–Trinajstić information content (AvgIpc) is 2.88. The molecule has 1 unspecified atom stereocenters. The van der Waals surface area contributed by atoms with Gasteiger partial charge in [-0.15, -0.1) is 0 Å². The molecular formula is C29H27ClN2O5. The smallest absolute Gasteiger partial charge is 0.313 e. The van der Waals surface area contributed by atoms with E-state index in [0.717, 1.165) is 5.56 Å². The Morgan fingerprint density at radius 3 is 2.49 bits per heavy atom. The Morgan fingerprint density at radius 1 is 1.14 bits per heavy atom. The maximum absolute atomic E-state index is 12.5. The highest BCUT2D eigenvalue weighted by molar-refractivity contribution is 6.30.